The van der Waals surface area contributed by atoms with Crippen LogP contribution in [0.4, 0.5) is 8.78 Å². The lowest BCUT2D eigenvalue weighted by molar-refractivity contribution is -0.0499. The van der Waals surface area contributed by atoms with Crippen molar-refractivity contribution in [2.24, 2.45) is 0 Å². The van der Waals surface area contributed by atoms with Gasteiger partial charge in [0.05, 0.1) is 19.3 Å². The normalized spacial score (nSPS) is 18.8. The Bertz CT molecular complexity index is 470. The van der Waals surface area contributed by atoms with E-state index >= 15 is 0 Å². The summed E-state index contributed by atoms with van der Waals surface area (Å²) >= 11 is 0. The molecule has 0 spiro atoms. The molecule has 2 N–H and O–H groups in total. The van der Waals surface area contributed by atoms with E-state index in [1.807, 2.05) is 13.0 Å². The maximum absolute atomic E-state index is 12.2. The van der Waals surface area contributed by atoms with Crippen molar-refractivity contribution in [1.29, 1.82) is 0 Å². The fraction of sp³-hybridized carbons (Fsp3) is 0.625. The largest absolute Gasteiger partial charge is 0.435 e. The lowest BCUT2D eigenvalue weighted by Crippen LogP contribution is -2.44. The quantitative estimate of drug-likeness (QED) is 0.759. The van der Waals surface area contributed by atoms with Gasteiger partial charge in [0.25, 0.3) is 0 Å². The minimum Gasteiger partial charge on any atom is -0.435 e. The van der Waals surface area contributed by atoms with Crippen LogP contribution in [-0.2, 0) is 4.74 Å². The van der Waals surface area contributed by atoms with Crippen LogP contribution < -0.4 is 10.1 Å². The number of aliphatic hydroxyl groups is 1. The molecule has 1 aliphatic rings. The molecule has 2 rings (SSSR count). The lowest BCUT2D eigenvalue weighted by atomic mass is 10.1. The third kappa shape index (κ3) is 6.39. The molecule has 1 aliphatic heterocycles. The Morgan fingerprint density at radius 2 is 2.09 bits per heavy atom. The van der Waals surface area contributed by atoms with Crippen molar-refractivity contribution in [2.45, 2.75) is 25.7 Å². The van der Waals surface area contributed by atoms with Gasteiger partial charge < -0.3 is 19.9 Å². The minimum atomic E-state index is -2.83. The fourth-order valence-corrected chi connectivity index (χ4v) is 2.54. The van der Waals surface area contributed by atoms with Crippen LogP contribution in [0.25, 0.3) is 0 Å². The van der Waals surface area contributed by atoms with E-state index in [1.54, 1.807) is 12.1 Å². The predicted molar refractivity (Wildman–Crippen MR) is 82.8 cm³/mol. The first-order valence-corrected chi connectivity index (χ1v) is 7.81. The highest BCUT2D eigenvalue weighted by atomic mass is 19.3. The van der Waals surface area contributed by atoms with Crippen LogP contribution in [0.2, 0.25) is 0 Å². The van der Waals surface area contributed by atoms with Crippen LogP contribution in [0.3, 0.4) is 0 Å². The number of rotatable bonds is 8. The molecule has 1 fully saturated rings. The van der Waals surface area contributed by atoms with Gasteiger partial charge in [0.15, 0.2) is 0 Å². The van der Waals surface area contributed by atoms with Crippen molar-refractivity contribution in [1.82, 2.24) is 10.2 Å². The standard InChI is InChI=1S/C16H24F2N2O3/c1-12(13-3-2-4-15(9-13)23-16(17)18)19-10-14(21)11-20-5-7-22-8-6-20/h2-4,9,12,14,16,19,21H,5-8,10-11H2,1H3. The van der Waals surface area contributed by atoms with Gasteiger partial charge in [0, 0.05) is 32.2 Å². The summed E-state index contributed by atoms with van der Waals surface area (Å²) < 4.78 is 34.2. The maximum Gasteiger partial charge on any atom is 0.387 e. The molecule has 0 bridgehead atoms. The minimum absolute atomic E-state index is 0.0736. The van der Waals surface area contributed by atoms with E-state index in [4.69, 9.17) is 4.74 Å². The molecule has 1 heterocycles. The molecule has 2 unspecified atom stereocenters. The first-order valence-electron chi connectivity index (χ1n) is 7.81. The molecule has 1 aromatic rings. The Kier molecular flexibility index (Phi) is 7.16. The summed E-state index contributed by atoms with van der Waals surface area (Å²) in [5.41, 5.74) is 0.835. The summed E-state index contributed by atoms with van der Waals surface area (Å²) in [6, 6.07) is 6.52. The Balaban J connectivity index is 1.78. The third-order valence-corrected chi connectivity index (χ3v) is 3.82. The first kappa shape index (κ1) is 18.1. The predicted octanol–water partition coefficient (Wildman–Crippen LogP) is 1.63. The van der Waals surface area contributed by atoms with Gasteiger partial charge in [-0.15, -0.1) is 0 Å². The number of aliphatic hydroxyl groups excluding tert-OH is 1. The van der Waals surface area contributed by atoms with Gasteiger partial charge in [-0.3, -0.25) is 4.90 Å². The second-order valence-electron chi connectivity index (χ2n) is 5.65. The van der Waals surface area contributed by atoms with Crippen molar-refractivity contribution in [3.8, 4) is 5.75 Å². The summed E-state index contributed by atoms with van der Waals surface area (Å²) in [5, 5.41) is 13.3. The molecule has 7 heteroatoms. The monoisotopic (exact) mass is 330 g/mol. The Labute approximate surface area is 135 Å². The number of benzene rings is 1. The molecule has 130 valence electrons. The number of β-amino-alcohol motifs (C(OH)–C–C–N with tert-alkyl or cyclic N) is 1. The molecule has 1 saturated heterocycles. The number of alkyl halides is 2. The number of halogens is 2. The van der Waals surface area contributed by atoms with E-state index < -0.39 is 12.7 Å². The van der Waals surface area contributed by atoms with E-state index in [0.29, 0.717) is 26.3 Å². The molecule has 0 amide bonds. The molecule has 5 nitrogen and oxygen atoms in total. The van der Waals surface area contributed by atoms with Crippen LogP contribution in [-0.4, -0.2) is 62.1 Å². The van der Waals surface area contributed by atoms with Crippen molar-refractivity contribution in [3.05, 3.63) is 29.8 Å². The van der Waals surface area contributed by atoms with Gasteiger partial charge in [-0.1, -0.05) is 12.1 Å². The fourth-order valence-electron chi connectivity index (χ4n) is 2.54. The van der Waals surface area contributed by atoms with Crippen LogP contribution in [0.15, 0.2) is 24.3 Å². The number of morpholine rings is 1. The Morgan fingerprint density at radius 3 is 2.78 bits per heavy atom. The lowest BCUT2D eigenvalue weighted by Gasteiger charge is -2.29. The average Bonchev–Trinajstić information content (AvgIpc) is 2.53. The van der Waals surface area contributed by atoms with E-state index in [1.165, 1.54) is 6.07 Å². The maximum atomic E-state index is 12.2. The molecule has 0 aliphatic carbocycles. The second kappa shape index (κ2) is 9.12. The summed E-state index contributed by atoms with van der Waals surface area (Å²) in [5.74, 6) is 0.139. The van der Waals surface area contributed by atoms with Crippen LogP contribution >= 0.6 is 0 Å². The van der Waals surface area contributed by atoms with Gasteiger partial charge in [-0.05, 0) is 24.6 Å². The first-order chi connectivity index (χ1) is 11.0. The van der Waals surface area contributed by atoms with Crippen LogP contribution in [0.5, 0.6) is 5.75 Å². The van der Waals surface area contributed by atoms with Crippen LogP contribution in [0, 0.1) is 0 Å². The van der Waals surface area contributed by atoms with Gasteiger partial charge >= 0.3 is 6.61 Å². The average molecular weight is 330 g/mol. The Hall–Kier alpha value is -1.28. The molecule has 1 aromatic carbocycles. The summed E-state index contributed by atoms with van der Waals surface area (Å²) in [7, 11) is 0. The Morgan fingerprint density at radius 1 is 1.35 bits per heavy atom. The molecule has 2 atom stereocenters. The summed E-state index contributed by atoms with van der Waals surface area (Å²) in [6.45, 7) is 3.18. The number of hydrogen-bond acceptors (Lipinski definition) is 5. The zero-order valence-electron chi connectivity index (χ0n) is 13.3. The molecule has 23 heavy (non-hydrogen) atoms. The second-order valence-corrected chi connectivity index (χ2v) is 5.65. The van der Waals surface area contributed by atoms with Crippen molar-refractivity contribution in [2.75, 3.05) is 39.4 Å². The SMILES string of the molecule is CC(NCC(O)CN1CCOCC1)c1cccc(OC(F)F)c1. The zero-order chi connectivity index (χ0) is 16.7. The summed E-state index contributed by atoms with van der Waals surface area (Å²) in [6.07, 6.45) is -0.490. The smallest absolute Gasteiger partial charge is 0.387 e. The molecule has 0 aromatic heterocycles. The van der Waals surface area contributed by atoms with Gasteiger partial charge in [0.1, 0.15) is 5.75 Å². The highest BCUT2D eigenvalue weighted by Gasteiger charge is 2.16. The number of nitrogens with zero attached hydrogens (tertiary/aromatic N) is 1. The number of hydrogen-bond donors (Lipinski definition) is 2. The topological polar surface area (TPSA) is 54.0 Å². The molecular formula is C16H24F2N2O3. The van der Waals surface area contributed by atoms with E-state index in [-0.39, 0.29) is 11.8 Å². The molecule has 0 radical (unpaired) electrons. The van der Waals surface area contributed by atoms with Crippen LogP contribution in [0.1, 0.15) is 18.5 Å². The molecular weight excluding hydrogens is 306 g/mol. The van der Waals surface area contributed by atoms with Gasteiger partial charge in [-0.25, -0.2) is 0 Å². The van der Waals surface area contributed by atoms with E-state index in [2.05, 4.69) is 15.0 Å². The van der Waals surface area contributed by atoms with Crippen molar-refractivity contribution >= 4 is 0 Å². The van der Waals surface area contributed by atoms with Gasteiger partial charge in [0.2, 0.25) is 0 Å². The van der Waals surface area contributed by atoms with E-state index in [0.717, 1.165) is 18.7 Å². The molecule has 0 saturated carbocycles. The van der Waals surface area contributed by atoms with Crippen molar-refractivity contribution < 1.29 is 23.4 Å². The zero-order valence-corrected chi connectivity index (χ0v) is 13.3. The summed E-state index contributed by atoms with van der Waals surface area (Å²) in [4.78, 5) is 2.16. The van der Waals surface area contributed by atoms with Crippen molar-refractivity contribution in [3.63, 3.8) is 0 Å². The van der Waals surface area contributed by atoms with E-state index in [9.17, 15) is 13.9 Å². The number of nitrogens with one attached hydrogen (secondary N) is 1. The third-order valence-electron chi connectivity index (χ3n) is 3.82. The highest BCUT2D eigenvalue weighted by molar-refractivity contribution is 5.30. The highest BCUT2D eigenvalue weighted by Crippen LogP contribution is 2.20. The van der Waals surface area contributed by atoms with Gasteiger partial charge in [-0.2, -0.15) is 8.78 Å². The number of ether oxygens (including phenoxy) is 2.